The first-order chi connectivity index (χ1) is 15.5. The normalized spacial score (nSPS) is 12.7. The molecular formula is C25H22N2O5. The summed E-state index contributed by atoms with van der Waals surface area (Å²) in [6.45, 7) is 1.75. The highest BCUT2D eigenvalue weighted by Gasteiger charge is 2.35. The number of anilines is 1. The van der Waals surface area contributed by atoms with E-state index in [9.17, 15) is 19.2 Å². The molecule has 3 amide bonds. The number of likely N-dealkylation sites (N-methyl/N-ethyl adjacent to an activating group) is 1. The number of nitrogens with zero attached hydrogens (tertiary/aromatic N) is 2. The van der Waals surface area contributed by atoms with Gasteiger partial charge in [-0.1, -0.05) is 48.5 Å². The van der Waals surface area contributed by atoms with E-state index >= 15 is 0 Å². The van der Waals surface area contributed by atoms with E-state index in [4.69, 9.17) is 4.74 Å². The van der Waals surface area contributed by atoms with Crippen molar-refractivity contribution < 1.29 is 23.9 Å². The summed E-state index contributed by atoms with van der Waals surface area (Å²) in [5.41, 5.74) is 1.40. The molecule has 0 N–H and O–H groups in total. The van der Waals surface area contributed by atoms with Gasteiger partial charge in [0.1, 0.15) is 0 Å². The number of ether oxygens (including phenoxy) is 1. The zero-order valence-corrected chi connectivity index (χ0v) is 17.6. The first kappa shape index (κ1) is 21.2. The molecule has 162 valence electrons. The molecule has 0 bridgehead atoms. The number of carbonyl (C=O) groups excluding carboxylic acids is 4. The summed E-state index contributed by atoms with van der Waals surface area (Å²) < 4.78 is 5.15. The Balaban J connectivity index is 1.35. The van der Waals surface area contributed by atoms with Crippen LogP contribution in [0.1, 0.15) is 34.1 Å². The van der Waals surface area contributed by atoms with Crippen molar-refractivity contribution in [1.82, 2.24) is 4.90 Å². The molecule has 0 atom stereocenters. The highest BCUT2D eigenvalue weighted by atomic mass is 16.5. The van der Waals surface area contributed by atoms with Gasteiger partial charge in [0, 0.05) is 18.5 Å². The number of carbonyl (C=O) groups is 4. The predicted molar refractivity (Wildman–Crippen MR) is 119 cm³/mol. The van der Waals surface area contributed by atoms with Crippen LogP contribution in [0.5, 0.6) is 0 Å². The molecule has 0 radical (unpaired) electrons. The number of hydrogen-bond donors (Lipinski definition) is 0. The lowest BCUT2D eigenvalue weighted by molar-refractivity contribution is -0.147. The van der Waals surface area contributed by atoms with E-state index in [1.54, 1.807) is 29.2 Å². The van der Waals surface area contributed by atoms with Crippen LogP contribution in [0.4, 0.5) is 5.69 Å². The van der Waals surface area contributed by atoms with Crippen molar-refractivity contribution in [2.45, 2.75) is 13.3 Å². The molecule has 0 aliphatic carbocycles. The van der Waals surface area contributed by atoms with Gasteiger partial charge in [-0.2, -0.15) is 0 Å². The maximum atomic E-state index is 12.8. The number of fused-ring (bicyclic) bond motifs is 2. The number of esters is 1. The second kappa shape index (κ2) is 9.01. The molecule has 1 aliphatic rings. The zero-order chi connectivity index (χ0) is 22.7. The molecule has 32 heavy (non-hydrogen) atoms. The fraction of sp³-hybridized carbons (Fsp3) is 0.200. The monoisotopic (exact) mass is 430 g/mol. The van der Waals surface area contributed by atoms with Crippen LogP contribution in [0.2, 0.25) is 0 Å². The Morgan fingerprint density at radius 2 is 1.50 bits per heavy atom. The van der Waals surface area contributed by atoms with Gasteiger partial charge < -0.3 is 9.64 Å². The summed E-state index contributed by atoms with van der Waals surface area (Å²) >= 11 is 0. The molecule has 0 aromatic heterocycles. The highest BCUT2D eigenvalue weighted by molar-refractivity contribution is 6.21. The molecule has 0 saturated carbocycles. The predicted octanol–water partition coefficient (Wildman–Crippen LogP) is 3.42. The summed E-state index contributed by atoms with van der Waals surface area (Å²) in [6, 6.07) is 20.0. The van der Waals surface area contributed by atoms with Crippen molar-refractivity contribution in [2.75, 3.05) is 24.6 Å². The number of benzene rings is 3. The molecule has 0 unspecified atom stereocenters. The minimum Gasteiger partial charge on any atom is -0.455 e. The van der Waals surface area contributed by atoms with Gasteiger partial charge in [0.15, 0.2) is 6.61 Å². The summed E-state index contributed by atoms with van der Waals surface area (Å²) in [6.07, 6.45) is -0.181. The van der Waals surface area contributed by atoms with Crippen LogP contribution in [0.15, 0.2) is 66.7 Å². The lowest BCUT2D eigenvalue weighted by atomic mass is 10.1. The van der Waals surface area contributed by atoms with E-state index in [2.05, 4.69) is 0 Å². The van der Waals surface area contributed by atoms with Gasteiger partial charge in [-0.15, -0.1) is 0 Å². The second-order valence-corrected chi connectivity index (χ2v) is 7.35. The van der Waals surface area contributed by atoms with E-state index in [0.717, 1.165) is 21.4 Å². The SMILES string of the molecule is CCN(C(=O)COC(=O)CCN1C(=O)c2ccccc2C1=O)c1cccc2ccccc12. The average molecular weight is 430 g/mol. The third-order valence-corrected chi connectivity index (χ3v) is 5.45. The summed E-state index contributed by atoms with van der Waals surface area (Å²) in [4.78, 5) is 52.3. The van der Waals surface area contributed by atoms with E-state index in [1.807, 2.05) is 49.4 Å². The van der Waals surface area contributed by atoms with Crippen LogP contribution >= 0.6 is 0 Å². The molecule has 7 nitrogen and oxygen atoms in total. The molecule has 3 aromatic carbocycles. The topological polar surface area (TPSA) is 84.0 Å². The minimum absolute atomic E-state index is 0.0970. The fourth-order valence-corrected chi connectivity index (χ4v) is 3.86. The Morgan fingerprint density at radius 3 is 2.19 bits per heavy atom. The first-order valence-electron chi connectivity index (χ1n) is 10.4. The number of imide groups is 1. The third-order valence-electron chi connectivity index (χ3n) is 5.45. The quantitative estimate of drug-likeness (QED) is 0.424. The van der Waals surface area contributed by atoms with Crippen molar-refractivity contribution in [3.63, 3.8) is 0 Å². The zero-order valence-electron chi connectivity index (χ0n) is 17.6. The van der Waals surface area contributed by atoms with Crippen LogP contribution in [0.25, 0.3) is 10.8 Å². The molecule has 1 heterocycles. The highest BCUT2D eigenvalue weighted by Crippen LogP contribution is 2.27. The molecule has 3 aromatic rings. The van der Waals surface area contributed by atoms with Crippen LogP contribution < -0.4 is 4.90 Å². The second-order valence-electron chi connectivity index (χ2n) is 7.35. The largest absolute Gasteiger partial charge is 0.455 e. The van der Waals surface area contributed by atoms with E-state index in [-0.39, 0.29) is 18.9 Å². The van der Waals surface area contributed by atoms with Crippen molar-refractivity contribution in [3.05, 3.63) is 77.9 Å². The van der Waals surface area contributed by atoms with Crippen molar-refractivity contribution >= 4 is 40.2 Å². The van der Waals surface area contributed by atoms with E-state index in [0.29, 0.717) is 17.7 Å². The lowest BCUT2D eigenvalue weighted by Crippen LogP contribution is -2.35. The van der Waals surface area contributed by atoms with Crippen LogP contribution in [-0.2, 0) is 14.3 Å². The van der Waals surface area contributed by atoms with Crippen molar-refractivity contribution in [2.24, 2.45) is 0 Å². The van der Waals surface area contributed by atoms with E-state index in [1.165, 1.54) is 0 Å². The summed E-state index contributed by atoms with van der Waals surface area (Å²) in [7, 11) is 0. The van der Waals surface area contributed by atoms with Gasteiger partial charge in [0.05, 0.1) is 23.2 Å². The van der Waals surface area contributed by atoms with Crippen molar-refractivity contribution in [1.29, 1.82) is 0 Å². The van der Waals surface area contributed by atoms with Gasteiger partial charge in [-0.3, -0.25) is 24.1 Å². The molecule has 0 fully saturated rings. The van der Waals surface area contributed by atoms with Gasteiger partial charge in [-0.25, -0.2) is 0 Å². The van der Waals surface area contributed by atoms with Crippen LogP contribution in [0.3, 0.4) is 0 Å². The Bertz CT molecular complexity index is 1180. The fourth-order valence-electron chi connectivity index (χ4n) is 3.86. The molecule has 0 spiro atoms. The van der Waals surface area contributed by atoms with Gasteiger partial charge in [0.25, 0.3) is 17.7 Å². The molecule has 1 aliphatic heterocycles. The Kier molecular flexibility index (Phi) is 5.98. The summed E-state index contributed by atoms with van der Waals surface area (Å²) in [5, 5.41) is 1.94. The van der Waals surface area contributed by atoms with Crippen molar-refractivity contribution in [3.8, 4) is 0 Å². The Hall–Kier alpha value is -4.00. The average Bonchev–Trinajstić information content (AvgIpc) is 3.06. The lowest BCUT2D eigenvalue weighted by Gasteiger charge is -2.22. The minimum atomic E-state index is -0.649. The molecular weight excluding hydrogens is 408 g/mol. The smallest absolute Gasteiger partial charge is 0.308 e. The Labute approximate surface area is 185 Å². The molecule has 7 heteroatoms. The van der Waals surface area contributed by atoms with Crippen LogP contribution in [0, 0.1) is 0 Å². The van der Waals surface area contributed by atoms with Gasteiger partial charge in [-0.05, 0) is 30.5 Å². The molecule has 4 rings (SSSR count). The summed E-state index contributed by atoms with van der Waals surface area (Å²) in [5.74, 6) is -1.85. The molecule has 0 saturated heterocycles. The van der Waals surface area contributed by atoms with Crippen LogP contribution in [-0.4, -0.2) is 48.3 Å². The first-order valence-corrected chi connectivity index (χ1v) is 10.4. The van der Waals surface area contributed by atoms with E-state index < -0.39 is 24.4 Å². The third kappa shape index (κ3) is 3.97. The van der Waals surface area contributed by atoms with Gasteiger partial charge in [0.2, 0.25) is 0 Å². The maximum absolute atomic E-state index is 12.8. The maximum Gasteiger partial charge on any atom is 0.308 e. The van der Waals surface area contributed by atoms with Gasteiger partial charge >= 0.3 is 5.97 Å². The number of rotatable bonds is 7. The number of hydrogen-bond acceptors (Lipinski definition) is 5. The number of amides is 3. The Morgan fingerprint density at radius 1 is 0.875 bits per heavy atom. The standard InChI is InChI=1S/C25H22N2O5/c1-2-26(21-13-7-9-17-8-3-4-10-18(17)21)22(28)16-32-23(29)14-15-27-24(30)19-11-5-6-12-20(19)25(27)31/h3-13H,2,14-16H2,1H3.